The molecular weight excluding hydrogens is 204 g/mol. The molecule has 0 radical (unpaired) electrons. The van der Waals surface area contributed by atoms with Crippen LogP contribution in [0.2, 0.25) is 0 Å². The van der Waals surface area contributed by atoms with Gasteiger partial charge in [-0.15, -0.1) is 0 Å². The van der Waals surface area contributed by atoms with Crippen LogP contribution < -0.4 is 0 Å². The van der Waals surface area contributed by atoms with Crippen molar-refractivity contribution in [2.45, 2.75) is 57.2 Å². The predicted octanol–water partition coefficient (Wildman–Crippen LogP) is 1.98. The van der Waals surface area contributed by atoms with Crippen molar-refractivity contribution in [3.63, 3.8) is 0 Å². The Kier molecular flexibility index (Phi) is 4.24. The molecular formula is C13H22O3. The quantitative estimate of drug-likeness (QED) is 0.773. The van der Waals surface area contributed by atoms with Gasteiger partial charge in [-0.05, 0) is 37.7 Å². The Balaban J connectivity index is 1.91. The lowest BCUT2D eigenvalue weighted by atomic mass is 9.83. The number of allylic oxidation sites excluding steroid dienone is 1. The fourth-order valence-corrected chi connectivity index (χ4v) is 2.68. The van der Waals surface area contributed by atoms with Crippen LogP contribution in [0.25, 0.3) is 0 Å². The van der Waals surface area contributed by atoms with E-state index in [2.05, 4.69) is 0 Å². The van der Waals surface area contributed by atoms with Crippen LogP contribution >= 0.6 is 0 Å². The zero-order valence-electron chi connectivity index (χ0n) is 9.77. The van der Waals surface area contributed by atoms with E-state index in [4.69, 9.17) is 4.74 Å². The molecule has 2 rings (SSSR count). The van der Waals surface area contributed by atoms with E-state index in [-0.39, 0.29) is 5.92 Å². The number of ether oxygens (including phenoxy) is 1. The SMILES string of the molecule is OC(C1=CCCCO1)C(O)C1CCCCC1. The minimum atomic E-state index is -0.816. The molecule has 3 nitrogen and oxygen atoms in total. The van der Waals surface area contributed by atoms with Crippen LogP contribution in [0.3, 0.4) is 0 Å². The van der Waals surface area contributed by atoms with Gasteiger partial charge in [0.1, 0.15) is 11.9 Å². The first-order valence-electron chi connectivity index (χ1n) is 6.48. The molecule has 0 saturated heterocycles. The molecule has 1 fully saturated rings. The van der Waals surface area contributed by atoms with E-state index in [9.17, 15) is 10.2 Å². The van der Waals surface area contributed by atoms with E-state index in [0.29, 0.717) is 12.4 Å². The van der Waals surface area contributed by atoms with Gasteiger partial charge < -0.3 is 14.9 Å². The van der Waals surface area contributed by atoms with Crippen LogP contribution in [0.4, 0.5) is 0 Å². The van der Waals surface area contributed by atoms with E-state index in [1.54, 1.807) is 0 Å². The van der Waals surface area contributed by atoms with E-state index < -0.39 is 12.2 Å². The minimum Gasteiger partial charge on any atom is -0.495 e. The summed E-state index contributed by atoms with van der Waals surface area (Å²) in [6.07, 6.45) is 8.09. The summed E-state index contributed by atoms with van der Waals surface area (Å²) in [6, 6.07) is 0. The van der Waals surface area contributed by atoms with Gasteiger partial charge in [0.15, 0.2) is 0 Å². The molecule has 1 aliphatic carbocycles. The highest BCUT2D eigenvalue weighted by Gasteiger charge is 2.31. The molecule has 3 heteroatoms. The number of aliphatic hydroxyl groups excluding tert-OH is 2. The Morgan fingerprint density at radius 2 is 1.88 bits per heavy atom. The summed E-state index contributed by atoms with van der Waals surface area (Å²) in [7, 11) is 0. The molecule has 0 aromatic rings. The highest BCUT2D eigenvalue weighted by atomic mass is 16.5. The van der Waals surface area contributed by atoms with E-state index in [0.717, 1.165) is 25.7 Å². The van der Waals surface area contributed by atoms with Crippen molar-refractivity contribution in [3.05, 3.63) is 11.8 Å². The zero-order chi connectivity index (χ0) is 11.4. The van der Waals surface area contributed by atoms with Gasteiger partial charge in [-0.2, -0.15) is 0 Å². The lowest BCUT2D eigenvalue weighted by molar-refractivity contribution is -0.0379. The van der Waals surface area contributed by atoms with Crippen LogP contribution in [-0.2, 0) is 4.74 Å². The fraction of sp³-hybridized carbons (Fsp3) is 0.846. The summed E-state index contributed by atoms with van der Waals surface area (Å²) in [5.41, 5.74) is 0. The fourth-order valence-electron chi connectivity index (χ4n) is 2.68. The van der Waals surface area contributed by atoms with Gasteiger partial charge >= 0.3 is 0 Å². The normalized spacial score (nSPS) is 26.8. The molecule has 2 unspecified atom stereocenters. The summed E-state index contributed by atoms with van der Waals surface area (Å²) in [4.78, 5) is 0. The van der Waals surface area contributed by atoms with Gasteiger partial charge in [0, 0.05) is 0 Å². The lowest BCUT2D eigenvalue weighted by Gasteiger charge is -2.31. The lowest BCUT2D eigenvalue weighted by Crippen LogP contribution is -2.37. The second-order valence-corrected chi connectivity index (χ2v) is 4.93. The first-order valence-corrected chi connectivity index (χ1v) is 6.48. The van der Waals surface area contributed by atoms with Crippen LogP contribution in [-0.4, -0.2) is 29.0 Å². The van der Waals surface area contributed by atoms with Crippen molar-refractivity contribution in [1.29, 1.82) is 0 Å². The summed E-state index contributed by atoms with van der Waals surface area (Å²) >= 11 is 0. The van der Waals surface area contributed by atoms with Crippen molar-refractivity contribution in [2.24, 2.45) is 5.92 Å². The molecule has 0 amide bonds. The van der Waals surface area contributed by atoms with Gasteiger partial charge in [0.25, 0.3) is 0 Å². The molecule has 1 heterocycles. The van der Waals surface area contributed by atoms with Crippen molar-refractivity contribution >= 4 is 0 Å². The maximum absolute atomic E-state index is 10.1. The predicted molar refractivity (Wildman–Crippen MR) is 61.9 cm³/mol. The van der Waals surface area contributed by atoms with Gasteiger partial charge in [-0.25, -0.2) is 0 Å². The van der Waals surface area contributed by atoms with Crippen molar-refractivity contribution in [3.8, 4) is 0 Å². The van der Waals surface area contributed by atoms with Gasteiger partial charge in [0.05, 0.1) is 12.7 Å². The Hall–Kier alpha value is -0.540. The largest absolute Gasteiger partial charge is 0.495 e. The third kappa shape index (κ3) is 2.77. The van der Waals surface area contributed by atoms with Crippen LogP contribution in [0.1, 0.15) is 44.9 Å². The minimum absolute atomic E-state index is 0.246. The number of aliphatic hydroxyl groups is 2. The Labute approximate surface area is 97.1 Å². The third-order valence-electron chi connectivity index (χ3n) is 3.71. The van der Waals surface area contributed by atoms with Crippen LogP contribution in [0, 0.1) is 5.92 Å². The number of rotatable bonds is 3. The summed E-state index contributed by atoms with van der Waals surface area (Å²) in [5.74, 6) is 0.833. The Morgan fingerprint density at radius 3 is 2.50 bits per heavy atom. The standard InChI is InChI=1S/C13H22O3/c14-12(10-6-2-1-3-7-10)13(15)11-8-4-5-9-16-11/h8,10,12-15H,1-7,9H2. The van der Waals surface area contributed by atoms with Gasteiger partial charge in [-0.3, -0.25) is 0 Å². The Bertz CT molecular complexity index is 244. The molecule has 0 aromatic carbocycles. The highest BCUT2D eigenvalue weighted by Crippen LogP contribution is 2.30. The monoisotopic (exact) mass is 226 g/mol. The molecule has 2 N–H and O–H groups in total. The molecule has 0 bridgehead atoms. The molecule has 2 aliphatic rings. The maximum atomic E-state index is 10.1. The molecule has 1 aliphatic heterocycles. The first kappa shape index (κ1) is 11.9. The first-order chi connectivity index (χ1) is 7.79. The molecule has 16 heavy (non-hydrogen) atoms. The second kappa shape index (κ2) is 5.69. The average molecular weight is 226 g/mol. The smallest absolute Gasteiger partial charge is 0.137 e. The van der Waals surface area contributed by atoms with E-state index >= 15 is 0 Å². The third-order valence-corrected chi connectivity index (χ3v) is 3.71. The average Bonchev–Trinajstić information content (AvgIpc) is 2.39. The summed E-state index contributed by atoms with van der Waals surface area (Å²) < 4.78 is 5.40. The molecule has 0 spiro atoms. The molecule has 0 aromatic heterocycles. The molecule has 1 saturated carbocycles. The van der Waals surface area contributed by atoms with Crippen molar-refractivity contribution in [2.75, 3.05) is 6.61 Å². The van der Waals surface area contributed by atoms with Crippen LogP contribution in [0.5, 0.6) is 0 Å². The molecule has 2 atom stereocenters. The Morgan fingerprint density at radius 1 is 1.12 bits per heavy atom. The zero-order valence-corrected chi connectivity index (χ0v) is 9.77. The van der Waals surface area contributed by atoms with Gasteiger partial charge in [0.2, 0.25) is 0 Å². The number of hydrogen-bond acceptors (Lipinski definition) is 3. The van der Waals surface area contributed by atoms with Crippen molar-refractivity contribution < 1.29 is 14.9 Å². The van der Waals surface area contributed by atoms with Crippen LogP contribution in [0.15, 0.2) is 11.8 Å². The highest BCUT2D eigenvalue weighted by molar-refractivity contribution is 5.05. The molecule has 92 valence electrons. The van der Waals surface area contributed by atoms with Gasteiger partial charge in [-0.1, -0.05) is 19.3 Å². The second-order valence-electron chi connectivity index (χ2n) is 4.93. The summed E-state index contributed by atoms with van der Waals surface area (Å²) in [5, 5.41) is 20.2. The summed E-state index contributed by atoms with van der Waals surface area (Å²) in [6.45, 7) is 0.667. The topological polar surface area (TPSA) is 49.7 Å². The van der Waals surface area contributed by atoms with E-state index in [1.807, 2.05) is 6.08 Å². The maximum Gasteiger partial charge on any atom is 0.137 e. The van der Waals surface area contributed by atoms with E-state index in [1.165, 1.54) is 19.3 Å². The number of hydrogen-bond donors (Lipinski definition) is 2. The van der Waals surface area contributed by atoms with Crippen molar-refractivity contribution in [1.82, 2.24) is 0 Å².